The van der Waals surface area contributed by atoms with E-state index in [2.05, 4.69) is 26.0 Å². The Morgan fingerprint density at radius 3 is 1.38 bits per heavy atom. The summed E-state index contributed by atoms with van der Waals surface area (Å²) in [5.74, 6) is -2.47. The van der Waals surface area contributed by atoms with Crippen LogP contribution in [0.2, 0.25) is 0 Å². The summed E-state index contributed by atoms with van der Waals surface area (Å²) in [6.07, 6.45) is 24.0. The number of unbranched alkanes of at least 4 members (excludes halogenated alkanes) is 8. The van der Waals surface area contributed by atoms with Gasteiger partial charge in [-0.05, 0) is 89.9 Å². The molecule has 0 radical (unpaired) electrons. The topological polar surface area (TPSA) is 161 Å². The molecule has 2 aliphatic rings. The van der Waals surface area contributed by atoms with Crippen LogP contribution in [0, 0.1) is 11.3 Å². The molecule has 1 N–H and O–H groups in total. The Kier molecular flexibility index (Phi) is 26.1. The largest absolute Gasteiger partial charge is 0.465 e. The molecule has 0 spiro atoms. The van der Waals surface area contributed by atoms with Gasteiger partial charge in [-0.2, -0.15) is 0 Å². The third-order valence-electron chi connectivity index (χ3n) is 9.96. The van der Waals surface area contributed by atoms with E-state index in [4.69, 9.17) is 28.4 Å². The molecule has 2 fully saturated rings. The fourth-order valence-electron chi connectivity index (χ4n) is 6.46. The van der Waals surface area contributed by atoms with Crippen LogP contribution >= 0.6 is 0 Å². The average molecular weight is 779 g/mol. The number of allylic oxidation sites excluding steroid dienone is 2. The smallest absolute Gasteiger partial charge is 0.309 e. The minimum Gasteiger partial charge on any atom is -0.465 e. The Balaban J connectivity index is 1.75. The van der Waals surface area contributed by atoms with Crippen LogP contribution in [0.4, 0.5) is 0 Å². The van der Waals surface area contributed by atoms with Gasteiger partial charge < -0.3 is 33.5 Å². The van der Waals surface area contributed by atoms with Gasteiger partial charge in [0.25, 0.3) is 0 Å². The van der Waals surface area contributed by atoms with Crippen LogP contribution in [0.3, 0.4) is 0 Å². The molecule has 12 heteroatoms. The minimum atomic E-state index is -1.37. The van der Waals surface area contributed by atoms with Crippen LogP contribution < -0.4 is 0 Å². The van der Waals surface area contributed by atoms with Gasteiger partial charge >= 0.3 is 29.8 Å². The molecule has 55 heavy (non-hydrogen) atoms. The van der Waals surface area contributed by atoms with Crippen molar-refractivity contribution in [2.75, 3.05) is 39.6 Å². The quantitative estimate of drug-likeness (QED) is 0.0306. The molecule has 2 unspecified atom stereocenters. The maximum Gasteiger partial charge on any atom is 0.309 e. The van der Waals surface area contributed by atoms with Gasteiger partial charge in [0, 0.05) is 25.7 Å². The molecule has 12 nitrogen and oxygen atoms in total. The van der Waals surface area contributed by atoms with Gasteiger partial charge in [0.05, 0.1) is 43.4 Å². The summed E-state index contributed by atoms with van der Waals surface area (Å²) >= 11 is 0. The van der Waals surface area contributed by atoms with Crippen LogP contribution in [0.5, 0.6) is 0 Å². The van der Waals surface area contributed by atoms with Crippen molar-refractivity contribution in [3.8, 4) is 0 Å². The van der Waals surface area contributed by atoms with E-state index in [1.807, 2.05) is 12.2 Å². The van der Waals surface area contributed by atoms with E-state index in [0.29, 0.717) is 64.6 Å². The summed E-state index contributed by atoms with van der Waals surface area (Å²) in [6.45, 7) is 3.43. The lowest BCUT2D eigenvalue weighted by molar-refractivity contribution is -0.170. The van der Waals surface area contributed by atoms with E-state index in [1.54, 1.807) is 0 Å². The molecule has 2 aliphatic heterocycles. The highest BCUT2D eigenvalue weighted by atomic mass is 16.6. The molecular weight excluding hydrogens is 708 g/mol. The monoisotopic (exact) mass is 778 g/mol. The molecule has 0 aromatic rings. The van der Waals surface area contributed by atoms with Crippen molar-refractivity contribution in [3.63, 3.8) is 0 Å². The summed E-state index contributed by atoms with van der Waals surface area (Å²) < 4.78 is 33.0. The van der Waals surface area contributed by atoms with E-state index in [-0.39, 0.29) is 75.6 Å². The van der Waals surface area contributed by atoms with Crippen molar-refractivity contribution in [2.24, 2.45) is 11.3 Å². The van der Waals surface area contributed by atoms with Crippen molar-refractivity contribution in [1.29, 1.82) is 0 Å². The number of aliphatic hydroxyl groups excluding tert-OH is 1. The summed E-state index contributed by atoms with van der Waals surface area (Å²) in [5, 5.41) is 10.5. The molecule has 2 saturated heterocycles. The highest BCUT2D eigenvalue weighted by molar-refractivity contribution is 5.73. The number of hydrogen-bond donors (Lipinski definition) is 1. The number of fused-ring (bicyclic) bond motifs is 2. The lowest BCUT2D eigenvalue weighted by Gasteiger charge is -2.32. The standard InChI is InChI=1S/C43H70O12/c1-3-5-7-9-11-13-19-27-50-38(45)21-15-17-23-40(47)52-32-43(31-44,34-54-42(49)35-29-36-25-26-37(30-35)55-36)33-53-41(48)24-18-16-22-39(46)51-28-20-14-12-10-8-6-4-2/h11-14,35-37,44H,3-10,15-34H2,1-2H3/b13-11-,14-12-. The zero-order valence-electron chi connectivity index (χ0n) is 33.8. The van der Waals surface area contributed by atoms with Gasteiger partial charge in [0.1, 0.15) is 19.8 Å². The number of aliphatic hydroxyl groups is 1. The summed E-state index contributed by atoms with van der Waals surface area (Å²) in [5.41, 5.74) is -1.37. The molecule has 0 saturated carbocycles. The molecule has 0 amide bonds. The summed E-state index contributed by atoms with van der Waals surface area (Å²) in [6, 6.07) is 0. The summed E-state index contributed by atoms with van der Waals surface area (Å²) in [7, 11) is 0. The highest BCUT2D eigenvalue weighted by Gasteiger charge is 2.41. The van der Waals surface area contributed by atoms with Gasteiger partial charge in [0.15, 0.2) is 0 Å². The molecule has 0 aliphatic carbocycles. The number of carbonyl (C=O) groups is 5. The van der Waals surface area contributed by atoms with Crippen molar-refractivity contribution in [1.82, 2.24) is 0 Å². The second kappa shape index (κ2) is 30.0. The predicted octanol–water partition coefficient (Wildman–Crippen LogP) is 7.81. The van der Waals surface area contributed by atoms with E-state index >= 15 is 0 Å². The fraction of sp³-hybridized carbons (Fsp3) is 0.791. The third-order valence-corrected chi connectivity index (χ3v) is 9.96. The number of esters is 5. The predicted molar refractivity (Wildman–Crippen MR) is 208 cm³/mol. The van der Waals surface area contributed by atoms with Gasteiger partial charge in [0.2, 0.25) is 0 Å². The first kappa shape index (κ1) is 47.9. The maximum atomic E-state index is 13.1. The second-order valence-corrected chi connectivity index (χ2v) is 15.1. The third kappa shape index (κ3) is 22.8. The Bertz CT molecular complexity index is 1090. The van der Waals surface area contributed by atoms with Crippen LogP contribution in [0.25, 0.3) is 0 Å². The minimum absolute atomic E-state index is 0.0361. The van der Waals surface area contributed by atoms with Crippen molar-refractivity contribution in [2.45, 2.75) is 167 Å². The summed E-state index contributed by atoms with van der Waals surface area (Å²) in [4.78, 5) is 62.5. The molecule has 2 heterocycles. The molecule has 0 aromatic heterocycles. The second-order valence-electron chi connectivity index (χ2n) is 15.1. The molecule has 0 aromatic carbocycles. The van der Waals surface area contributed by atoms with Crippen molar-refractivity contribution in [3.05, 3.63) is 24.3 Å². The van der Waals surface area contributed by atoms with Gasteiger partial charge in [-0.15, -0.1) is 0 Å². The van der Waals surface area contributed by atoms with Crippen LogP contribution in [0.15, 0.2) is 24.3 Å². The van der Waals surface area contributed by atoms with E-state index in [9.17, 15) is 29.1 Å². The molecule has 314 valence electrons. The Morgan fingerprint density at radius 2 is 0.964 bits per heavy atom. The normalized spacial score (nSPS) is 18.1. The van der Waals surface area contributed by atoms with Crippen LogP contribution in [0.1, 0.15) is 155 Å². The maximum absolute atomic E-state index is 13.1. The number of hydrogen-bond acceptors (Lipinski definition) is 12. The highest BCUT2D eigenvalue weighted by Crippen LogP contribution is 2.36. The first-order valence-electron chi connectivity index (χ1n) is 21.1. The number of carbonyl (C=O) groups excluding carboxylic acids is 5. The van der Waals surface area contributed by atoms with Crippen molar-refractivity contribution >= 4 is 29.8 Å². The zero-order chi connectivity index (χ0) is 40.0. The number of ether oxygens (including phenoxy) is 6. The Hall–Kier alpha value is -3.25. The van der Waals surface area contributed by atoms with Crippen molar-refractivity contribution < 1.29 is 57.5 Å². The van der Waals surface area contributed by atoms with Gasteiger partial charge in [-0.1, -0.05) is 63.8 Å². The molecule has 2 atom stereocenters. The van der Waals surface area contributed by atoms with Gasteiger partial charge in [-0.3, -0.25) is 24.0 Å². The number of rotatable bonds is 32. The van der Waals surface area contributed by atoms with Gasteiger partial charge in [-0.25, -0.2) is 0 Å². The van der Waals surface area contributed by atoms with Crippen LogP contribution in [-0.4, -0.2) is 86.8 Å². The van der Waals surface area contributed by atoms with Crippen LogP contribution in [-0.2, 0) is 52.4 Å². The average Bonchev–Trinajstić information content (AvgIpc) is 3.53. The Labute approximate surface area is 329 Å². The lowest BCUT2D eigenvalue weighted by Crippen LogP contribution is -2.43. The molecule has 2 bridgehead atoms. The van der Waals surface area contributed by atoms with E-state index < -0.39 is 29.9 Å². The molecule has 2 rings (SSSR count). The van der Waals surface area contributed by atoms with E-state index in [1.165, 1.54) is 25.7 Å². The SMILES string of the molecule is CCCCC/C=C\CCOC(=O)CCCCC(=O)OCC(CO)(COC(=O)CCCCC(=O)OCC/C=C\CCCCC)COC(=O)C1CC2CCC(C1)O2. The Morgan fingerprint density at radius 1 is 0.564 bits per heavy atom. The zero-order valence-corrected chi connectivity index (χ0v) is 33.8. The van der Waals surface area contributed by atoms with E-state index in [0.717, 1.165) is 38.5 Å². The first-order chi connectivity index (χ1) is 26.7. The molecular formula is C43H70O12. The fourth-order valence-corrected chi connectivity index (χ4v) is 6.46. The lowest BCUT2D eigenvalue weighted by atomic mass is 9.91. The first-order valence-corrected chi connectivity index (χ1v) is 21.1.